The highest BCUT2D eigenvalue weighted by molar-refractivity contribution is 5.64. The molecule has 1 atom stereocenters. The Hall–Kier alpha value is -0.770. The lowest BCUT2D eigenvalue weighted by atomic mass is 9.95. The summed E-state index contributed by atoms with van der Waals surface area (Å²) in [6.07, 6.45) is 3.73. The van der Waals surface area contributed by atoms with E-state index in [4.69, 9.17) is 5.11 Å². The standard InChI is InChI=1S/C9H18N2O2/c12-9(13)11-6-2-4-8-3-1-5-10-7-8/h8,10-11H,1-7H2,(H,12,13)/t8-/m1/s1. The molecule has 13 heavy (non-hydrogen) atoms. The van der Waals surface area contributed by atoms with Gasteiger partial charge in [-0.25, -0.2) is 4.79 Å². The number of hydrogen-bond acceptors (Lipinski definition) is 2. The maximum atomic E-state index is 10.1. The summed E-state index contributed by atoms with van der Waals surface area (Å²) in [5.41, 5.74) is 0. The first-order valence-electron chi connectivity index (χ1n) is 4.96. The predicted octanol–water partition coefficient (Wildman–Crippen LogP) is 1.03. The fourth-order valence-corrected chi connectivity index (χ4v) is 1.76. The lowest BCUT2D eigenvalue weighted by Crippen LogP contribution is -2.30. The van der Waals surface area contributed by atoms with E-state index in [9.17, 15) is 4.79 Å². The number of hydrogen-bond donors (Lipinski definition) is 3. The first-order valence-corrected chi connectivity index (χ1v) is 4.96. The quantitative estimate of drug-likeness (QED) is 0.575. The Balaban J connectivity index is 1.95. The number of carbonyl (C=O) groups is 1. The van der Waals surface area contributed by atoms with Crippen LogP contribution in [0.5, 0.6) is 0 Å². The molecule has 0 radical (unpaired) electrons. The van der Waals surface area contributed by atoms with Crippen LogP contribution in [0.25, 0.3) is 0 Å². The van der Waals surface area contributed by atoms with Gasteiger partial charge >= 0.3 is 6.09 Å². The summed E-state index contributed by atoms with van der Waals surface area (Å²) in [6, 6.07) is 0. The summed E-state index contributed by atoms with van der Waals surface area (Å²) < 4.78 is 0. The normalized spacial score (nSPS) is 22.6. The van der Waals surface area contributed by atoms with Crippen LogP contribution in [0, 0.1) is 5.92 Å². The zero-order valence-electron chi connectivity index (χ0n) is 7.88. The van der Waals surface area contributed by atoms with Crippen molar-refractivity contribution < 1.29 is 9.90 Å². The maximum Gasteiger partial charge on any atom is 0.404 e. The molecule has 0 aliphatic carbocycles. The Morgan fingerprint density at radius 3 is 3.08 bits per heavy atom. The van der Waals surface area contributed by atoms with Crippen molar-refractivity contribution in [2.45, 2.75) is 25.7 Å². The molecule has 0 saturated carbocycles. The maximum absolute atomic E-state index is 10.1. The minimum atomic E-state index is -0.915. The van der Waals surface area contributed by atoms with E-state index in [-0.39, 0.29) is 0 Å². The lowest BCUT2D eigenvalue weighted by molar-refractivity contribution is 0.194. The molecule has 0 bridgehead atoms. The summed E-state index contributed by atoms with van der Waals surface area (Å²) >= 11 is 0. The van der Waals surface area contributed by atoms with Crippen molar-refractivity contribution >= 4 is 6.09 Å². The van der Waals surface area contributed by atoms with Crippen LogP contribution in [-0.2, 0) is 0 Å². The molecule has 0 spiro atoms. The number of nitrogens with one attached hydrogen (secondary N) is 2. The van der Waals surface area contributed by atoms with Crippen LogP contribution in [0.2, 0.25) is 0 Å². The second kappa shape index (κ2) is 5.80. The fraction of sp³-hybridized carbons (Fsp3) is 0.889. The SMILES string of the molecule is O=C(O)NCCC[C@H]1CCCNC1. The number of amides is 1. The number of piperidine rings is 1. The van der Waals surface area contributed by atoms with E-state index in [0.717, 1.165) is 31.8 Å². The van der Waals surface area contributed by atoms with E-state index >= 15 is 0 Å². The van der Waals surface area contributed by atoms with Crippen molar-refractivity contribution in [2.24, 2.45) is 5.92 Å². The van der Waals surface area contributed by atoms with Crippen LogP contribution in [0.15, 0.2) is 0 Å². The molecule has 1 saturated heterocycles. The molecule has 1 aliphatic heterocycles. The van der Waals surface area contributed by atoms with Crippen LogP contribution in [0.4, 0.5) is 4.79 Å². The Labute approximate surface area is 78.7 Å². The molecule has 0 aromatic carbocycles. The smallest absolute Gasteiger partial charge is 0.404 e. The van der Waals surface area contributed by atoms with Gasteiger partial charge in [0, 0.05) is 6.54 Å². The molecular formula is C9H18N2O2. The molecule has 1 fully saturated rings. The van der Waals surface area contributed by atoms with Crippen LogP contribution < -0.4 is 10.6 Å². The van der Waals surface area contributed by atoms with Gasteiger partial charge < -0.3 is 15.7 Å². The highest BCUT2D eigenvalue weighted by Crippen LogP contribution is 2.14. The molecule has 76 valence electrons. The molecule has 1 amide bonds. The van der Waals surface area contributed by atoms with E-state index in [1.54, 1.807) is 0 Å². The van der Waals surface area contributed by atoms with E-state index < -0.39 is 6.09 Å². The summed E-state index contributed by atoms with van der Waals surface area (Å²) in [4.78, 5) is 10.1. The Kier molecular flexibility index (Phi) is 4.60. The van der Waals surface area contributed by atoms with Gasteiger partial charge in [-0.2, -0.15) is 0 Å². The van der Waals surface area contributed by atoms with Gasteiger partial charge in [0.2, 0.25) is 0 Å². The van der Waals surface area contributed by atoms with Gasteiger partial charge in [0.05, 0.1) is 0 Å². The summed E-state index contributed by atoms with van der Waals surface area (Å²) in [5, 5.41) is 14.1. The highest BCUT2D eigenvalue weighted by Gasteiger charge is 2.11. The van der Waals surface area contributed by atoms with Crippen LogP contribution in [0.1, 0.15) is 25.7 Å². The fourth-order valence-electron chi connectivity index (χ4n) is 1.76. The summed E-state index contributed by atoms with van der Waals surface area (Å²) in [6.45, 7) is 2.84. The molecular weight excluding hydrogens is 168 g/mol. The third-order valence-electron chi connectivity index (χ3n) is 2.46. The van der Waals surface area contributed by atoms with E-state index in [2.05, 4.69) is 10.6 Å². The third-order valence-corrected chi connectivity index (χ3v) is 2.46. The molecule has 4 nitrogen and oxygen atoms in total. The van der Waals surface area contributed by atoms with Gasteiger partial charge in [0.1, 0.15) is 0 Å². The molecule has 1 rings (SSSR count). The second-order valence-electron chi connectivity index (χ2n) is 3.59. The van der Waals surface area contributed by atoms with Crippen LogP contribution in [-0.4, -0.2) is 30.8 Å². The van der Waals surface area contributed by atoms with Gasteiger partial charge in [-0.05, 0) is 44.7 Å². The molecule has 3 N–H and O–H groups in total. The average molecular weight is 186 g/mol. The van der Waals surface area contributed by atoms with Gasteiger partial charge in [-0.15, -0.1) is 0 Å². The summed E-state index contributed by atoms with van der Waals surface area (Å²) in [5.74, 6) is 0.754. The molecule has 1 heterocycles. The lowest BCUT2D eigenvalue weighted by Gasteiger charge is -2.22. The topological polar surface area (TPSA) is 61.4 Å². The molecule has 0 unspecified atom stereocenters. The Bertz CT molecular complexity index is 156. The minimum absolute atomic E-state index is 0.589. The summed E-state index contributed by atoms with van der Waals surface area (Å²) in [7, 11) is 0. The van der Waals surface area contributed by atoms with Crippen LogP contribution >= 0.6 is 0 Å². The van der Waals surface area contributed by atoms with Crippen LogP contribution in [0.3, 0.4) is 0 Å². The first kappa shape index (κ1) is 10.3. The van der Waals surface area contributed by atoms with Gasteiger partial charge in [-0.3, -0.25) is 0 Å². The Morgan fingerprint density at radius 1 is 1.62 bits per heavy atom. The van der Waals surface area contributed by atoms with Gasteiger partial charge in [0.15, 0.2) is 0 Å². The zero-order chi connectivity index (χ0) is 9.52. The van der Waals surface area contributed by atoms with E-state index in [1.165, 1.54) is 12.8 Å². The molecule has 0 aromatic heterocycles. The minimum Gasteiger partial charge on any atom is -0.465 e. The van der Waals surface area contributed by atoms with Crippen molar-refractivity contribution in [1.82, 2.24) is 10.6 Å². The van der Waals surface area contributed by atoms with Gasteiger partial charge in [0.25, 0.3) is 0 Å². The first-order chi connectivity index (χ1) is 6.29. The second-order valence-corrected chi connectivity index (χ2v) is 3.59. The average Bonchev–Trinajstić information content (AvgIpc) is 2.14. The van der Waals surface area contributed by atoms with Gasteiger partial charge in [-0.1, -0.05) is 0 Å². The van der Waals surface area contributed by atoms with Crippen molar-refractivity contribution in [3.63, 3.8) is 0 Å². The van der Waals surface area contributed by atoms with Crippen molar-refractivity contribution in [3.8, 4) is 0 Å². The molecule has 4 heteroatoms. The zero-order valence-corrected chi connectivity index (χ0v) is 7.88. The van der Waals surface area contributed by atoms with Crippen molar-refractivity contribution in [3.05, 3.63) is 0 Å². The monoisotopic (exact) mass is 186 g/mol. The predicted molar refractivity (Wildman–Crippen MR) is 50.9 cm³/mol. The van der Waals surface area contributed by atoms with Crippen molar-refractivity contribution in [1.29, 1.82) is 0 Å². The van der Waals surface area contributed by atoms with Crippen molar-refractivity contribution in [2.75, 3.05) is 19.6 Å². The number of rotatable bonds is 4. The third kappa shape index (κ3) is 4.72. The molecule has 1 aliphatic rings. The highest BCUT2D eigenvalue weighted by atomic mass is 16.4. The number of carboxylic acid groups (broad SMARTS) is 1. The largest absolute Gasteiger partial charge is 0.465 e. The Morgan fingerprint density at radius 2 is 2.46 bits per heavy atom. The molecule has 0 aromatic rings. The van der Waals surface area contributed by atoms with E-state index in [1.807, 2.05) is 0 Å². The van der Waals surface area contributed by atoms with E-state index in [0.29, 0.717) is 6.54 Å².